The number of hydrogen-bond acceptors (Lipinski definition) is 2. The van der Waals surface area contributed by atoms with Crippen molar-refractivity contribution in [1.82, 2.24) is 0 Å². The van der Waals surface area contributed by atoms with Crippen molar-refractivity contribution in [2.45, 2.75) is 60.2 Å². The van der Waals surface area contributed by atoms with Crippen molar-refractivity contribution in [2.24, 2.45) is 0 Å². The molecule has 1 atom stereocenters. The molecule has 3 rings (SSSR count). The predicted molar refractivity (Wildman–Crippen MR) is 133 cm³/mol. The minimum Gasteiger partial charge on any atom is -0.360 e. The molecule has 0 amide bonds. The highest BCUT2D eigenvalue weighted by atomic mass is 35.5. The minimum atomic E-state index is -0.651. The lowest BCUT2D eigenvalue weighted by Gasteiger charge is -2.29. The quantitative estimate of drug-likeness (QED) is 0.403. The first kappa shape index (κ1) is 23.2. The van der Waals surface area contributed by atoms with Gasteiger partial charge >= 0.3 is 0 Å². The largest absolute Gasteiger partial charge is 0.360 e. The molecule has 0 saturated heterocycles. The minimum absolute atomic E-state index is 0.00644. The molecule has 162 valence electrons. The molecule has 3 heteroatoms. The van der Waals surface area contributed by atoms with Crippen LogP contribution < -0.4 is 0 Å². The zero-order valence-corrected chi connectivity index (χ0v) is 20.2. The van der Waals surface area contributed by atoms with Crippen LogP contribution in [0.15, 0.2) is 54.1 Å². The van der Waals surface area contributed by atoms with Crippen LogP contribution in [-0.2, 0) is 9.53 Å². The van der Waals surface area contributed by atoms with E-state index >= 15 is 0 Å². The van der Waals surface area contributed by atoms with E-state index in [4.69, 9.17) is 16.3 Å². The molecule has 3 aromatic carbocycles. The van der Waals surface area contributed by atoms with Gasteiger partial charge in [0, 0.05) is 5.02 Å². The summed E-state index contributed by atoms with van der Waals surface area (Å²) in [6.45, 7) is 13.8. The fourth-order valence-electron chi connectivity index (χ4n) is 3.96. The van der Waals surface area contributed by atoms with Gasteiger partial charge in [0.2, 0.25) is 0 Å². The second-order valence-electron chi connectivity index (χ2n) is 9.41. The fraction of sp³-hybridized carbons (Fsp3) is 0.321. The van der Waals surface area contributed by atoms with Gasteiger partial charge in [0.1, 0.15) is 6.10 Å². The molecule has 31 heavy (non-hydrogen) atoms. The highest BCUT2D eigenvalue weighted by molar-refractivity contribution is 6.30. The number of aryl methyl sites for hydroxylation is 1. The molecule has 0 radical (unpaired) electrons. The molecular weight excluding hydrogens is 404 g/mol. The molecule has 0 heterocycles. The van der Waals surface area contributed by atoms with Crippen molar-refractivity contribution >= 4 is 34.2 Å². The van der Waals surface area contributed by atoms with Gasteiger partial charge in [0.15, 0.2) is 5.78 Å². The van der Waals surface area contributed by atoms with Gasteiger partial charge in [-0.1, -0.05) is 53.6 Å². The van der Waals surface area contributed by atoms with Gasteiger partial charge in [-0.25, -0.2) is 0 Å². The van der Waals surface area contributed by atoms with Crippen LogP contribution in [0.2, 0.25) is 5.02 Å². The third kappa shape index (κ3) is 5.44. The second kappa shape index (κ2) is 8.98. The molecule has 0 fully saturated rings. The zero-order chi connectivity index (χ0) is 22.9. The highest BCUT2D eigenvalue weighted by Gasteiger charge is 2.29. The first-order chi connectivity index (χ1) is 14.5. The number of carbonyl (C=O) groups is 1. The number of halogens is 1. The lowest BCUT2D eigenvalue weighted by atomic mass is 9.85. The summed E-state index contributed by atoms with van der Waals surface area (Å²) in [6, 6.07) is 16.4. The first-order valence-electron chi connectivity index (χ1n) is 10.6. The monoisotopic (exact) mass is 434 g/mol. The van der Waals surface area contributed by atoms with E-state index in [1.54, 1.807) is 6.92 Å². The molecular formula is C28H31ClO2. The van der Waals surface area contributed by atoms with E-state index in [-0.39, 0.29) is 5.78 Å². The molecule has 0 saturated carbocycles. The molecule has 2 nitrogen and oxygen atoms in total. The standard InChI is InChI=1S/C28H31ClO2/c1-17(2)14-20-8-9-22-15-18(3)25(27(19(4)30)31-28(5,6)7)26(24(22)16-20)21-10-12-23(29)13-11-21/h8-16,27H,1-7H3. The van der Waals surface area contributed by atoms with Crippen molar-refractivity contribution in [3.8, 4) is 11.1 Å². The van der Waals surface area contributed by atoms with E-state index in [1.807, 2.05) is 45.0 Å². The lowest BCUT2D eigenvalue weighted by Crippen LogP contribution is -2.27. The van der Waals surface area contributed by atoms with Crippen molar-refractivity contribution in [3.05, 3.63) is 75.8 Å². The number of carbonyl (C=O) groups excluding carboxylic acids is 1. The Hall–Kier alpha value is -2.42. The molecule has 0 N–H and O–H groups in total. The Kier molecular flexibility index (Phi) is 6.73. The maximum Gasteiger partial charge on any atom is 0.163 e. The Morgan fingerprint density at radius 2 is 1.65 bits per heavy atom. The third-order valence-corrected chi connectivity index (χ3v) is 5.36. The molecule has 0 bridgehead atoms. The van der Waals surface area contributed by atoms with Crippen LogP contribution in [0.4, 0.5) is 0 Å². The summed E-state index contributed by atoms with van der Waals surface area (Å²) < 4.78 is 6.31. The Labute approximate surface area is 190 Å². The summed E-state index contributed by atoms with van der Waals surface area (Å²) in [5.74, 6) is -0.00644. The van der Waals surface area contributed by atoms with Crippen LogP contribution in [0.1, 0.15) is 64.3 Å². The first-order valence-corrected chi connectivity index (χ1v) is 11.0. The number of ether oxygens (including phenoxy) is 1. The summed E-state index contributed by atoms with van der Waals surface area (Å²) in [7, 11) is 0. The predicted octanol–water partition coefficient (Wildman–Crippen LogP) is 8.34. The normalized spacial score (nSPS) is 12.6. The van der Waals surface area contributed by atoms with Crippen molar-refractivity contribution in [2.75, 3.05) is 0 Å². The van der Waals surface area contributed by atoms with Crippen LogP contribution in [0, 0.1) is 6.92 Å². The Morgan fingerprint density at radius 3 is 2.19 bits per heavy atom. The summed E-state index contributed by atoms with van der Waals surface area (Å²) in [4.78, 5) is 12.8. The van der Waals surface area contributed by atoms with Gasteiger partial charge in [-0.15, -0.1) is 0 Å². The summed E-state index contributed by atoms with van der Waals surface area (Å²) >= 11 is 6.18. The van der Waals surface area contributed by atoms with E-state index in [0.717, 1.165) is 38.6 Å². The van der Waals surface area contributed by atoms with Gasteiger partial charge in [0.05, 0.1) is 5.60 Å². The van der Waals surface area contributed by atoms with Gasteiger partial charge in [-0.3, -0.25) is 4.79 Å². The summed E-state index contributed by atoms with van der Waals surface area (Å²) in [5.41, 5.74) is 5.92. The Bertz CT molecular complexity index is 1140. The maximum absolute atomic E-state index is 12.8. The second-order valence-corrected chi connectivity index (χ2v) is 9.85. The van der Waals surface area contributed by atoms with Crippen LogP contribution >= 0.6 is 11.6 Å². The highest BCUT2D eigenvalue weighted by Crippen LogP contribution is 2.41. The van der Waals surface area contributed by atoms with E-state index in [0.29, 0.717) is 5.02 Å². The molecule has 0 aromatic heterocycles. The molecule has 3 aromatic rings. The fourth-order valence-corrected chi connectivity index (χ4v) is 4.08. The maximum atomic E-state index is 12.8. The number of ketones is 1. The Morgan fingerprint density at radius 1 is 1.00 bits per heavy atom. The summed E-state index contributed by atoms with van der Waals surface area (Å²) in [6.07, 6.45) is 1.51. The third-order valence-electron chi connectivity index (χ3n) is 5.10. The number of hydrogen-bond donors (Lipinski definition) is 0. The number of Topliss-reactive ketones (excluding diaryl/α,β-unsaturated/α-hetero) is 1. The topological polar surface area (TPSA) is 26.3 Å². The van der Waals surface area contributed by atoms with Crippen molar-refractivity contribution in [1.29, 1.82) is 0 Å². The SMILES string of the molecule is CC(=O)C(OC(C)(C)C)c1c(C)cc2ccc(C=C(C)C)cc2c1-c1ccc(Cl)cc1. The van der Waals surface area contributed by atoms with Gasteiger partial charge in [-0.05, 0) is 105 Å². The number of rotatable bonds is 5. The molecule has 0 aliphatic rings. The number of benzene rings is 3. The molecule has 0 aliphatic carbocycles. The molecule has 0 spiro atoms. The Balaban J connectivity index is 2.42. The average Bonchev–Trinajstić information content (AvgIpc) is 2.65. The van der Waals surface area contributed by atoms with Crippen LogP contribution in [-0.4, -0.2) is 11.4 Å². The van der Waals surface area contributed by atoms with E-state index in [2.05, 4.69) is 51.1 Å². The van der Waals surface area contributed by atoms with E-state index in [1.165, 1.54) is 5.57 Å². The van der Waals surface area contributed by atoms with Crippen molar-refractivity contribution < 1.29 is 9.53 Å². The smallest absolute Gasteiger partial charge is 0.163 e. The lowest BCUT2D eigenvalue weighted by molar-refractivity contribution is -0.138. The van der Waals surface area contributed by atoms with Crippen LogP contribution in [0.5, 0.6) is 0 Å². The zero-order valence-electron chi connectivity index (χ0n) is 19.5. The van der Waals surface area contributed by atoms with Gasteiger partial charge < -0.3 is 4.74 Å². The summed E-state index contributed by atoms with van der Waals surface area (Å²) in [5, 5.41) is 2.92. The van der Waals surface area contributed by atoms with Crippen LogP contribution in [0.3, 0.4) is 0 Å². The number of fused-ring (bicyclic) bond motifs is 1. The average molecular weight is 435 g/mol. The van der Waals surface area contributed by atoms with Crippen LogP contribution in [0.25, 0.3) is 28.0 Å². The van der Waals surface area contributed by atoms with Gasteiger partial charge in [-0.2, -0.15) is 0 Å². The van der Waals surface area contributed by atoms with Gasteiger partial charge in [0.25, 0.3) is 0 Å². The van der Waals surface area contributed by atoms with E-state index < -0.39 is 11.7 Å². The van der Waals surface area contributed by atoms with Crippen molar-refractivity contribution in [3.63, 3.8) is 0 Å². The van der Waals surface area contributed by atoms with E-state index in [9.17, 15) is 4.79 Å². The number of allylic oxidation sites excluding steroid dienone is 1. The molecule has 0 aliphatic heterocycles. The molecule has 1 unspecified atom stereocenters.